The lowest BCUT2D eigenvalue weighted by Crippen LogP contribution is -2.48. The van der Waals surface area contributed by atoms with Crippen LogP contribution in [0.15, 0.2) is 54.6 Å². The van der Waals surface area contributed by atoms with Crippen molar-refractivity contribution in [2.75, 3.05) is 31.5 Å². The van der Waals surface area contributed by atoms with Gasteiger partial charge in [0.15, 0.2) is 0 Å². The molecule has 1 N–H and O–H groups in total. The summed E-state index contributed by atoms with van der Waals surface area (Å²) in [4.78, 5) is 34.9. The minimum atomic E-state index is -0.0153. The summed E-state index contributed by atoms with van der Waals surface area (Å²) in [6.07, 6.45) is 6.49. The lowest BCUT2D eigenvalue weighted by Gasteiger charge is -2.40. The van der Waals surface area contributed by atoms with Gasteiger partial charge in [-0.15, -0.1) is 0 Å². The molecule has 2 aromatic carbocycles. The van der Waals surface area contributed by atoms with E-state index in [0.717, 1.165) is 53.8 Å². The number of piperidine rings is 2. The van der Waals surface area contributed by atoms with Gasteiger partial charge in [-0.05, 0) is 63.0 Å². The van der Waals surface area contributed by atoms with E-state index in [1.165, 1.54) is 32.4 Å². The van der Waals surface area contributed by atoms with Gasteiger partial charge in [-0.25, -0.2) is 4.98 Å². The summed E-state index contributed by atoms with van der Waals surface area (Å²) in [6.45, 7) is 5.85. The lowest BCUT2D eigenvalue weighted by atomic mass is 9.98. The Kier molecular flexibility index (Phi) is 7.09. The van der Waals surface area contributed by atoms with E-state index in [1.54, 1.807) is 0 Å². The van der Waals surface area contributed by atoms with E-state index in [2.05, 4.69) is 10.2 Å². The van der Waals surface area contributed by atoms with Crippen LogP contribution in [0, 0.1) is 0 Å². The van der Waals surface area contributed by atoms with Gasteiger partial charge in [0.1, 0.15) is 0 Å². The van der Waals surface area contributed by atoms with E-state index in [1.807, 2.05) is 66.4 Å². The third-order valence-electron chi connectivity index (χ3n) is 7.39. The van der Waals surface area contributed by atoms with Gasteiger partial charge in [-0.1, -0.05) is 43.7 Å². The van der Waals surface area contributed by atoms with Crippen LogP contribution in [0.1, 0.15) is 55.8 Å². The molecule has 2 saturated heterocycles. The standard InChI is InChI=1S/C29H34N4O2/c1-2-28(34)30-22-12-10-21(11-13-22)27-20-25(24-8-4-5-9-26(24)31-27)29(35)33-18-14-23(15-19-33)32-16-6-3-7-17-32/h4-5,8-13,20,23H,2-3,6-7,14-19H2,1H3,(H,30,34). The molecule has 0 unspecified atom stereocenters. The molecule has 2 aliphatic heterocycles. The number of fused-ring (bicyclic) bond motifs is 1. The normalized spacial score (nSPS) is 17.5. The van der Waals surface area contributed by atoms with Crippen molar-refractivity contribution in [1.82, 2.24) is 14.8 Å². The van der Waals surface area contributed by atoms with Gasteiger partial charge in [0.25, 0.3) is 5.91 Å². The Bertz CT molecular complexity index is 1190. The highest BCUT2D eigenvalue weighted by Crippen LogP contribution is 2.28. The number of aromatic nitrogens is 1. The van der Waals surface area contributed by atoms with E-state index in [9.17, 15) is 9.59 Å². The van der Waals surface area contributed by atoms with Crippen molar-refractivity contribution < 1.29 is 9.59 Å². The Labute approximate surface area is 207 Å². The molecule has 0 bridgehead atoms. The van der Waals surface area contributed by atoms with Gasteiger partial charge in [0, 0.05) is 42.2 Å². The summed E-state index contributed by atoms with van der Waals surface area (Å²) in [7, 11) is 0. The molecule has 0 radical (unpaired) electrons. The predicted octanol–water partition coefficient (Wildman–Crippen LogP) is 5.34. The summed E-state index contributed by atoms with van der Waals surface area (Å²) < 4.78 is 0. The van der Waals surface area contributed by atoms with Crippen LogP contribution in [0.4, 0.5) is 5.69 Å². The molecule has 2 fully saturated rings. The van der Waals surface area contributed by atoms with Crippen LogP contribution in [0.5, 0.6) is 0 Å². The van der Waals surface area contributed by atoms with Crippen LogP contribution in [0.2, 0.25) is 0 Å². The number of carbonyl (C=O) groups excluding carboxylic acids is 2. The molecule has 3 aromatic rings. The molecule has 1 aromatic heterocycles. The van der Waals surface area contributed by atoms with Crippen molar-refractivity contribution >= 4 is 28.4 Å². The zero-order valence-corrected chi connectivity index (χ0v) is 20.5. The second kappa shape index (κ2) is 10.6. The number of hydrogen-bond acceptors (Lipinski definition) is 4. The van der Waals surface area contributed by atoms with Crippen molar-refractivity contribution in [3.05, 3.63) is 60.2 Å². The SMILES string of the molecule is CCC(=O)Nc1ccc(-c2cc(C(=O)N3CCC(N4CCCCC4)CC3)c3ccccc3n2)cc1. The van der Waals surface area contributed by atoms with Gasteiger partial charge in [-0.2, -0.15) is 0 Å². The van der Waals surface area contributed by atoms with Gasteiger partial charge in [0.2, 0.25) is 5.91 Å². The molecule has 35 heavy (non-hydrogen) atoms. The summed E-state index contributed by atoms with van der Waals surface area (Å²) >= 11 is 0. The average molecular weight is 471 g/mol. The molecule has 3 heterocycles. The number of pyridine rings is 1. The fourth-order valence-electron chi connectivity index (χ4n) is 5.36. The molecular formula is C29H34N4O2. The van der Waals surface area contributed by atoms with E-state index in [-0.39, 0.29) is 11.8 Å². The predicted molar refractivity (Wildman–Crippen MR) is 140 cm³/mol. The summed E-state index contributed by atoms with van der Waals surface area (Å²) in [5, 5.41) is 3.77. The first-order valence-corrected chi connectivity index (χ1v) is 13.0. The first-order valence-electron chi connectivity index (χ1n) is 13.0. The van der Waals surface area contributed by atoms with Crippen molar-refractivity contribution in [2.45, 2.75) is 51.5 Å². The number of hydrogen-bond donors (Lipinski definition) is 1. The highest BCUT2D eigenvalue weighted by molar-refractivity contribution is 6.07. The Hall–Kier alpha value is -3.25. The number of anilines is 1. The molecule has 6 nitrogen and oxygen atoms in total. The molecule has 2 amide bonds. The third-order valence-corrected chi connectivity index (χ3v) is 7.39. The molecule has 5 rings (SSSR count). The van der Waals surface area contributed by atoms with E-state index in [4.69, 9.17) is 4.98 Å². The van der Waals surface area contributed by atoms with Gasteiger partial charge < -0.3 is 15.1 Å². The quantitative estimate of drug-likeness (QED) is 0.547. The summed E-state index contributed by atoms with van der Waals surface area (Å²) in [5.74, 6) is 0.0762. The smallest absolute Gasteiger partial charge is 0.254 e. The zero-order chi connectivity index (χ0) is 24.2. The van der Waals surface area contributed by atoms with E-state index < -0.39 is 0 Å². The van der Waals surface area contributed by atoms with Crippen molar-refractivity contribution in [2.24, 2.45) is 0 Å². The number of nitrogens with one attached hydrogen (secondary N) is 1. The first-order chi connectivity index (χ1) is 17.1. The molecule has 0 atom stereocenters. The number of benzene rings is 2. The fourth-order valence-corrected chi connectivity index (χ4v) is 5.36. The molecule has 0 spiro atoms. The first kappa shape index (κ1) is 23.5. The number of carbonyl (C=O) groups is 2. The number of rotatable bonds is 5. The maximum Gasteiger partial charge on any atom is 0.254 e. The monoisotopic (exact) mass is 470 g/mol. The Morgan fingerprint density at radius 2 is 1.66 bits per heavy atom. The molecule has 0 aliphatic carbocycles. The Morgan fingerprint density at radius 3 is 2.37 bits per heavy atom. The zero-order valence-electron chi connectivity index (χ0n) is 20.5. The number of amides is 2. The number of para-hydroxylation sites is 1. The second-order valence-electron chi connectivity index (χ2n) is 9.67. The number of nitrogens with zero attached hydrogens (tertiary/aromatic N) is 3. The highest BCUT2D eigenvalue weighted by Gasteiger charge is 2.29. The van der Waals surface area contributed by atoms with Crippen LogP contribution < -0.4 is 5.32 Å². The summed E-state index contributed by atoms with van der Waals surface area (Å²) in [6, 6.07) is 18.1. The molecule has 182 valence electrons. The van der Waals surface area contributed by atoms with E-state index in [0.29, 0.717) is 18.0 Å². The van der Waals surface area contributed by atoms with Gasteiger partial charge in [0.05, 0.1) is 16.8 Å². The topological polar surface area (TPSA) is 65.5 Å². The second-order valence-corrected chi connectivity index (χ2v) is 9.67. The van der Waals surface area contributed by atoms with Crippen molar-refractivity contribution in [1.29, 1.82) is 0 Å². The van der Waals surface area contributed by atoms with Crippen LogP contribution in [-0.4, -0.2) is 58.8 Å². The van der Waals surface area contributed by atoms with Crippen LogP contribution in [-0.2, 0) is 4.79 Å². The fraction of sp³-hybridized carbons (Fsp3) is 0.414. The average Bonchev–Trinajstić information content (AvgIpc) is 2.93. The molecule has 6 heteroatoms. The Morgan fingerprint density at radius 1 is 0.943 bits per heavy atom. The molecule has 0 saturated carbocycles. The Balaban J connectivity index is 1.38. The summed E-state index contributed by atoms with van der Waals surface area (Å²) in [5.41, 5.74) is 3.98. The maximum atomic E-state index is 13.7. The van der Waals surface area contributed by atoms with Crippen molar-refractivity contribution in [3.8, 4) is 11.3 Å². The highest BCUT2D eigenvalue weighted by atomic mass is 16.2. The van der Waals surface area contributed by atoms with Gasteiger partial charge in [-0.3, -0.25) is 9.59 Å². The van der Waals surface area contributed by atoms with E-state index >= 15 is 0 Å². The number of likely N-dealkylation sites (tertiary alicyclic amines) is 2. The minimum absolute atomic E-state index is 0.0153. The van der Waals surface area contributed by atoms with Crippen molar-refractivity contribution in [3.63, 3.8) is 0 Å². The lowest BCUT2D eigenvalue weighted by molar-refractivity contribution is -0.115. The maximum absolute atomic E-state index is 13.7. The van der Waals surface area contributed by atoms with Gasteiger partial charge >= 0.3 is 0 Å². The van der Waals surface area contributed by atoms with Crippen LogP contribution >= 0.6 is 0 Å². The molecular weight excluding hydrogens is 436 g/mol. The molecule has 2 aliphatic rings. The minimum Gasteiger partial charge on any atom is -0.339 e. The van der Waals surface area contributed by atoms with Crippen LogP contribution in [0.25, 0.3) is 22.2 Å². The third kappa shape index (κ3) is 5.22. The largest absolute Gasteiger partial charge is 0.339 e. The van der Waals surface area contributed by atoms with Crippen LogP contribution in [0.3, 0.4) is 0 Å².